The zero-order valence-corrected chi connectivity index (χ0v) is 18.6. The van der Waals surface area contributed by atoms with Gasteiger partial charge in [-0.1, -0.05) is 62.0 Å². The summed E-state index contributed by atoms with van der Waals surface area (Å²) in [6, 6.07) is 13.7. The number of nitrogens with zero attached hydrogens (tertiary/aromatic N) is 4. The first-order chi connectivity index (χ1) is 15.2. The van der Waals surface area contributed by atoms with Crippen LogP contribution in [0.5, 0.6) is 0 Å². The van der Waals surface area contributed by atoms with Gasteiger partial charge < -0.3 is 10.6 Å². The smallest absolute Gasteiger partial charge is 0.251 e. The van der Waals surface area contributed by atoms with E-state index in [2.05, 4.69) is 34.6 Å². The quantitative estimate of drug-likeness (QED) is 0.301. The topological polar surface area (TPSA) is 84.7 Å². The highest BCUT2D eigenvalue weighted by molar-refractivity contribution is 7.99. The summed E-state index contributed by atoms with van der Waals surface area (Å²) in [4.78, 5) is 22.1. The molecule has 0 radical (unpaired) electrons. The van der Waals surface area contributed by atoms with Gasteiger partial charge in [-0.15, -0.1) is 0 Å². The monoisotopic (exact) mass is 434 g/mol. The van der Waals surface area contributed by atoms with Crippen LogP contribution in [0.3, 0.4) is 0 Å². The molecule has 160 valence electrons. The molecule has 4 aromatic rings. The third kappa shape index (κ3) is 4.64. The number of benzene rings is 2. The van der Waals surface area contributed by atoms with Crippen molar-refractivity contribution in [2.75, 3.05) is 24.2 Å². The summed E-state index contributed by atoms with van der Waals surface area (Å²) in [7, 11) is 0. The molecule has 0 aliphatic rings. The largest absolute Gasteiger partial charge is 0.369 e. The summed E-state index contributed by atoms with van der Waals surface area (Å²) in [6.07, 6.45) is 2.80. The summed E-state index contributed by atoms with van der Waals surface area (Å²) in [6.45, 7) is 6.03. The minimum Gasteiger partial charge on any atom is -0.369 e. The minimum atomic E-state index is -0.0876. The number of anilines is 1. The number of carbonyl (C=O) groups is 1. The highest BCUT2D eigenvalue weighted by atomic mass is 32.2. The molecule has 0 aliphatic carbocycles. The van der Waals surface area contributed by atoms with Crippen molar-refractivity contribution in [2.45, 2.75) is 32.0 Å². The molecule has 7 nitrogen and oxygen atoms in total. The molecule has 8 heteroatoms. The van der Waals surface area contributed by atoms with Gasteiger partial charge in [-0.25, -0.2) is 14.6 Å². The highest BCUT2D eigenvalue weighted by Gasteiger charge is 2.14. The van der Waals surface area contributed by atoms with E-state index in [9.17, 15) is 4.79 Å². The van der Waals surface area contributed by atoms with E-state index < -0.39 is 0 Å². The number of nitrogens with one attached hydrogen (secondary N) is 2. The Hall–Kier alpha value is -3.13. The lowest BCUT2D eigenvalue weighted by Crippen LogP contribution is -2.27. The zero-order chi connectivity index (χ0) is 21.6. The number of carbonyl (C=O) groups excluding carboxylic acids is 1. The number of fused-ring (bicyclic) bond motifs is 2. The molecule has 1 amide bonds. The summed E-state index contributed by atoms with van der Waals surface area (Å²) in [5.74, 6) is 1.62. The van der Waals surface area contributed by atoms with Gasteiger partial charge in [-0.3, -0.25) is 4.79 Å². The number of amides is 1. The second-order valence-corrected chi connectivity index (χ2v) is 8.33. The fourth-order valence-electron chi connectivity index (χ4n) is 3.46. The van der Waals surface area contributed by atoms with E-state index in [-0.39, 0.29) is 5.91 Å². The summed E-state index contributed by atoms with van der Waals surface area (Å²) in [5, 5.41) is 14.5. The molecule has 2 heterocycles. The molecule has 0 unspecified atom stereocenters. The van der Waals surface area contributed by atoms with Gasteiger partial charge in [0.25, 0.3) is 5.91 Å². The van der Waals surface area contributed by atoms with E-state index in [0.717, 1.165) is 51.5 Å². The Kier molecular flexibility index (Phi) is 6.66. The summed E-state index contributed by atoms with van der Waals surface area (Å²) in [5.41, 5.74) is 1.46. The summed E-state index contributed by atoms with van der Waals surface area (Å²) < 4.78 is 1.83. The third-order valence-corrected chi connectivity index (χ3v) is 5.66. The maximum absolute atomic E-state index is 12.8. The molecule has 4 rings (SSSR count). The first-order valence-electron chi connectivity index (χ1n) is 10.6. The van der Waals surface area contributed by atoms with Crippen LogP contribution in [0.1, 0.15) is 30.6 Å². The lowest BCUT2D eigenvalue weighted by atomic mass is 10.0. The summed E-state index contributed by atoms with van der Waals surface area (Å²) >= 11 is 1.60. The number of rotatable bonds is 9. The van der Waals surface area contributed by atoms with Crippen molar-refractivity contribution in [3.63, 3.8) is 0 Å². The van der Waals surface area contributed by atoms with Gasteiger partial charge in [0.05, 0.1) is 18.1 Å². The number of thioether (sulfide) groups is 1. The highest BCUT2D eigenvalue weighted by Crippen LogP contribution is 2.24. The predicted molar refractivity (Wildman–Crippen MR) is 127 cm³/mol. The predicted octanol–water partition coefficient (Wildman–Crippen LogP) is 4.34. The fourth-order valence-corrected chi connectivity index (χ4v) is 4.03. The Morgan fingerprint density at radius 1 is 1.03 bits per heavy atom. The van der Waals surface area contributed by atoms with Gasteiger partial charge in [0, 0.05) is 18.7 Å². The Bertz CT molecular complexity index is 1200. The van der Waals surface area contributed by atoms with E-state index >= 15 is 0 Å². The molecule has 0 saturated carbocycles. The van der Waals surface area contributed by atoms with Crippen LogP contribution >= 0.6 is 11.8 Å². The molecule has 0 fully saturated rings. The SMILES string of the molecule is CCCNc1nc(SCC)nc2c1cnn2CCNC(=O)c1cccc2ccccc12. The van der Waals surface area contributed by atoms with Crippen LogP contribution in [0.25, 0.3) is 21.8 Å². The van der Waals surface area contributed by atoms with Crippen molar-refractivity contribution in [3.8, 4) is 0 Å². The Morgan fingerprint density at radius 2 is 1.87 bits per heavy atom. The van der Waals surface area contributed by atoms with Crippen molar-refractivity contribution < 1.29 is 4.79 Å². The molecule has 0 atom stereocenters. The Balaban J connectivity index is 1.51. The normalized spacial score (nSPS) is 11.2. The van der Waals surface area contributed by atoms with Crippen LogP contribution in [0, 0.1) is 0 Å². The van der Waals surface area contributed by atoms with Crippen LogP contribution in [0.2, 0.25) is 0 Å². The molecular weight excluding hydrogens is 408 g/mol. The molecule has 0 spiro atoms. The second-order valence-electron chi connectivity index (χ2n) is 7.10. The molecular formula is C23H26N6OS. The second kappa shape index (κ2) is 9.78. The van der Waals surface area contributed by atoms with Crippen LogP contribution in [0.15, 0.2) is 53.8 Å². The molecule has 2 N–H and O–H groups in total. The van der Waals surface area contributed by atoms with Crippen LogP contribution < -0.4 is 10.6 Å². The van der Waals surface area contributed by atoms with E-state index in [1.807, 2.05) is 47.1 Å². The van der Waals surface area contributed by atoms with Gasteiger partial charge in [0.15, 0.2) is 10.8 Å². The van der Waals surface area contributed by atoms with Gasteiger partial charge in [-0.05, 0) is 29.0 Å². The molecule has 0 bridgehead atoms. The van der Waals surface area contributed by atoms with Crippen molar-refractivity contribution in [3.05, 3.63) is 54.2 Å². The molecule has 0 aliphatic heterocycles. The number of hydrogen-bond acceptors (Lipinski definition) is 6. The zero-order valence-electron chi connectivity index (χ0n) is 17.8. The van der Waals surface area contributed by atoms with Crippen molar-refractivity contribution in [2.24, 2.45) is 0 Å². The minimum absolute atomic E-state index is 0.0876. The standard InChI is InChI=1S/C23H26N6OS/c1-3-12-24-20-19-15-26-29(21(19)28-23(27-20)31-4-2)14-13-25-22(30)18-11-7-9-16-8-5-6-10-17(16)18/h5-11,15H,3-4,12-14H2,1-2H3,(H,25,30)(H,24,27,28). The van der Waals surface area contributed by atoms with Crippen molar-refractivity contribution >= 4 is 45.3 Å². The number of hydrogen-bond donors (Lipinski definition) is 2. The molecule has 2 aromatic carbocycles. The van der Waals surface area contributed by atoms with E-state index in [1.54, 1.807) is 18.0 Å². The first-order valence-corrected chi connectivity index (χ1v) is 11.6. The maximum atomic E-state index is 12.8. The maximum Gasteiger partial charge on any atom is 0.251 e. The molecule has 0 saturated heterocycles. The Morgan fingerprint density at radius 3 is 2.71 bits per heavy atom. The van der Waals surface area contributed by atoms with E-state index in [1.165, 1.54) is 0 Å². The van der Waals surface area contributed by atoms with Gasteiger partial charge in [0.1, 0.15) is 5.82 Å². The average molecular weight is 435 g/mol. The first kappa shape index (κ1) is 21.1. The van der Waals surface area contributed by atoms with Crippen LogP contribution in [-0.2, 0) is 6.54 Å². The van der Waals surface area contributed by atoms with Gasteiger partial charge in [0.2, 0.25) is 0 Å². The van der Waals surface area contributed by atoms with Gasteiger partial charge >= 0.3 is 0 Å². The molecule has 2 aromatic heterocycles. The van der Waals surface area contributed by atoms with Crippen LogP contribution in [0.4, 0.5) is 5.82 Å². The van der Waals surface area contributed by atoms with Crippen molar-refractivity contribution in [1.82, 2.24) is 25.1 Å². The van der Waals surface area contributed by atoms with Crippen molar-refractivity contribution in [1.29, 1.82) is 0 Å². The van der Waals surface area contributed by atoms with Crippen LogP contribution in [-0.4, -0.2) is 44.5 Å². The van der Waals surface area contributed by atoms with Gasteiger partial charge in [-0.2, -0.15) is 5.10 Å². The lowest BCUT2D eigenvalue weighted by Gasteiger charge is -2.10. The van der Waals surface area contributed by atoms with E-state index in [0.29, 0.717) is 18.7 Å². The lowest BCUT2D eigenvalue weighted by molar-refractivity contribution is 0.0953. The number of aromatic nitrogens is 4. The van der Waals surface area contributed by atoms with E-state index in [4.69, 9.17) is 4.98 Å². The third-order valence-electron chi connectivity index (χ3n) is 4.94. The fraction of sp³-hybridized carbons (Fsp3) is 0.304. The average Bonchev–Trinajstić information content (AvgIpc) is 3.20. The Labute approximate surface area is 185 Å². The molecule has 31 heavy (non-hydrogen) atoms.